The number of hydrogen-bond acceptors (Lipinski definition) is 4. The summed E-state index contributed by atoms with van der Waals surface area (Å²) in [5.74, 6) is 1.09. The van der Waals surface area contributed by atoms with Crippen LogP contribution in [0.5, 0.6) is 0 Å². The van der Waals surface area contributed by atoms with Crippen molar-refractivity contribution < 1.29 is 0 Å². The van der Waals surface area contributed by atoms with E-state index in [9.17, 15) is 0 Å². The van der Waals surface area contributed by atoms with Gasteiger partial charge >= 0.3 is 0 Å². The molecule has 0 fully saturated rings. The summed E-state index contributed by atoms with van der Waals surface area (Å²) in [5, 5.41) is 0. The minimum Gasteiger partial charge on any atom is -0.397 e. The number of nitrogens with two attached hydrogens (primary N) is 2. The van der Waals surface area contributed by atoms with Crippen LogP contribution < -0.4 is 11.5 Å². The van der Waals surface area contributed by atoms with Crippen molar-refractivity contribution in [3.05, 3.63) is 18.2 Å². The van der Waals surface area contributed by atoms with Gasteiger partial charge in [0.1, 0.15) is 0 Å². The number of benzene rings is 1. The first kappa shape index (κ1) is 13.2. The first-order valence-electron chi connectivity index (χ1n) is 5.67. The van der Waals surface area contributed by atoms with E-state index in [1.807, 2.05) is 30.0 Å². The topological polar surface area (TPSA) is 55.3 Å². The van der Waals surface area contributed by atoms with E-state index in [-0.39, 0.29) is 0 Å². The predicted octanol–water partition coefficient (Wildman–Crippen LogP) is 2.28. The van der Waals surface area contributed by atoms with Gasteiger partial charge in [-0.15, -0.1) is 11.8 Å². The Hall–Kier alpha value is -0.870. The summed E-state index contributed by atoms with van der Waals surface area (Å²) in [4.78, 5) is 3.60. The van der Waals surface area contributed by atoms with Crippen LogP contribution >= 0.6 is 11.8 Å². The molecule has 0 spiro atoms. The van der Waals surface area contributed by atoms with Crippen LogP contribution in [0.25, 0.3) is 0 Å². The number of thioether (sulfide) groups is 1. The van der Waals surface area contributed by atoms with Crippen LogP contribution in [-0.4, -0.2) is 30.3 Å². The van der Waals surface area contributed by atoms with Gasteiger partial charge in [-0.2, -0.15) is 0 Å². The van der Waals surface area contributed by atoms with Crippen molar-refractivity contribution in [1.29, 1.82) is 0 Å². The lowest BCUT2D eigenvalue weighted by Crippen LogP contribution is -2.25. The summed E-state index contributed by atoms with van der Waals surface area (Å²) in [5.41, 5.74) is 12.8. The molecular formula is C12H21N3S. The van der Waals surface area contributed by atoms with Crippen molar-refractivity contribution in [3.63, 3.8) is 0 Å². The average Bonchev–Trinajstić information content (AvgIpc) is 2.29. The first-order chi connectivity index (χ1) is 7.67. The van der Waals surface area contributed by atoms with Gasteiger partial charge in [-0.25, -0.2) is 0 Å². The van der Waals surface area contributed by atoms with Crippen LogP contribution in [0.4, 0.5) is 11.4 Å². The molecule has 0 saturated carbocycles. The fraction of sp³-hybridized carbons (Fsp3) is 0.500. The smallest absolute Gasteiger partial charge is 0.0559 e. The second-order valence-corrected chi connectivity index (χ2v) is 4.83. The molecule has 0 bridgehead atoms. The predicted molar refractivity (Wildman–Crippen MR) is 73.8 cm³/mol. The van der Waals surface area contributed by atoms with Gasteiger partial charge in [-0.05, 0) is 31.3 Å². The number of rotatable bonds is 6. The molecule has 0 atom stereocenters. The van der Waals surface area contributed by atoms with Crippen LogP contribution in [-0.2, 0) is 0 Å². The standard InChI is InChI=1S/C12H21N3S/c1-3-15(4-2)7-8-16-10-5-6-11(13)12(14)9-10/h5-6,9H,3-4,7-8,13-14H2,1-2H3. The van der Waals surface area contributed by atoms with Crippen molar-refractivity contribution >= 4 is 23.1 Å². The Labute approximate surface area is 102 Å². The monoisotopic (exact) mass is 239 g/mol. The average molecular weight is 239 g/mol. The van der Waals surface area contributed by atoms with Gasteiger partial charge in [0.15, 0.2) is 0 Å². The van der Waals surface area contributed by atoms with E-state index < -0.39 is 0 Å². The Morgan fingerprint density at radius 1 is 1.12 bits per heavy atom. The lowest BCUT2D eigenvalue weighted by atomic mass is 10.3. The summed E-state index contributed by atoms with van der Waals surface area (Å²) < 4.78 is 0. The molecule has 1 rings (SSSR count). The van der Waals surface area contributed by atoms with E-state index in [1.54, 1.807) is 0 Å². The van der Waals surface area contributed by atoms with Crippen LogP contribution in [0.1, 0.15) is 13.8 Å². The van der Waals surface area contributed by atoms with Gasteiger partial charge in [-0.3, -0.25) is 0 Å². The highest BCUT2D eigenvalue weighted by molar-refractivity contribution is 7.99. The highest BCUT2D eigenvalue weighted by Gasteiger charge is 2.01. The molecule has 3 nitrogen and oxygen atoms in total. The Morgan fingerprint density at radius 3 is 2.38 bits per heavy atom. The summed E-state index contributed by atoms with van der Waals surface area (Å²) >= 11 is 1.83. The molecule has 0 aliphatic carbocycles. The second-order valence-electron chi connectivity index (χ2n) is 3.67. The van der Waals surface area contributed by atoms with Gasteiger partial charge in [0, 0.05) is 17.2 Å². The molecule has 90 valence electrons. The van der Waals surface area contributed by atoms with Crippen molar-refractivity contribution in [3.8, 4) is 0 Å². The van der Waals surface area contributed by atoms with Crippen LogP contribution in [0.2, 0.25) is 0 Å². The molecular weight excluding hydrogens is 218 g/mol. The number of hydrogen-bond donors (Lipinski definition) is 2. The summed E-state index contributed by atoms with van der Waals surface area (Å²) in [7, 11) is 0. The van der Waals surface area contributed by atoms with Crippen molar-refractivity contribution in [2.24, 2.45) is 0 Å². The fourth-order valence-corrected chi connectivity index (χ4v) is 2.43. The molecule has 0 amide bonds. The molecule has 4 heteroatoms. The van der Waals surface area contributed by atoms with E-state index in [0.29, 0.717) is 11.4 Å². The van der Waals surface area contributed by atoms with Crippen LogP contribution in [0.3, 0.4) is 0 Å². The number of nitrogens with zero attached hydrogens (tertiary/aromatic N) is 1. The third kappa shape index (κ3) is 3.94. The SMILES string of the molecule is CCN(CC)CCSc1ccc(N)c(N)c1. The molecule has 1 aromatic rings. The maximum Gasteiger partial charge on any atom is 0.0559 e. The summed E-state index contributed by atoms with van der Waals surface area (Å²) in [6.45, 7) is 7.72. The van der Waals surface area contributed by atoms with Gasteiger partial charge < -0.3 is 16.4 Å². The zero-order valence-corrected chi connectivity index (χ0v) is 10.9. The number of anilines is 2. The normalized spacial score (nSPS) is 10.9. The zero-order valence-electron chi connectivity index (χ0n) is 10.1. The largest absolute Gasteiger partial charge is 0.397 e. The zero-order chi connectivity index (χ0) is 12.0. The van der Waals surface area contributed by atoms with Crippen LogP contribution in [0.15, 0.2) is 23.1 Å². The molecule has 1 aromatic carbocycles. The van der Waals surface area contributed by atoms with Crippen molar-refractivity contribution in [1.82, 2.24) is 4.90 Å². The van der Waals surface area contributed by atoms with Crippen molar-refractivity contribution in [2.45, 2.75) is 18.7 Å². The molecule has 0 saturated heterocycles. The Bertz CT molecular complexity index is 324. The Kier molecular flexibility index (Phi) is 5.49. The van der Waals surface area contributed by atoms with Crippen LogP contribution in [0, 0.1) is 0 Å². The van der Waals surface area contributed by atoms with E-state index in [1.165, 1.54) is 4.90 Å². The quantitative estimate of drug-likeness (QED) is 0.591. The maximum atomic E-state index is 5.76. The minimum absolute atomic E-state index is 0.660. The lowest BCUT2D eigenvalue weighted by molar-refractivity contribution is 0.324. The molecule has 0 unspecified atom stereocenters. The molecule has 0 aliphatic rings. The molecule has 0 radical (unpaired) electrons. The van der Waals surface area contributed by atoms with Gasteiger partial charge in [-0.1, -0.05) is 13.8 Å². The molecule has 4 N–H and O–H groups in total. The number of nitrogen functional groups attached to an aromatic ring is 2. The van der Waals surface area contributed by atoms with E-state index in [0.717, 1.165) is 25.4 Å². The molecule has 0 aromatic heterocycles. The second kappa shape index (κ2) is 6.66. The molecule has 0 aliphatic heterocycles. The third-order valence-corrected chi connectivity index (χ3v) is 3.60. The van der Waals surface area contributed by atoms with Gasteiger partial charge in [0.25, 0.3) is 0 Å². The third-order valence-electron chi connectivity index (χ3n) is 2.63. The fourth-order valence-electron chi connectivity index (χ4n) is 1.48. The minimum atomic E-state index is 0.660. The molecule has 16 heavy (non-hydrogen) atoms. The maximum absolute atomic E-state index is 5.76. The Morgan fingerprint density at radius 2 is 1.81 bits per heavy atom. The van der Waals surface area contributed by atoms with Gasteiger partial charge in [0.2, 0.25) is 0 Å². The molecule has 0 heterocycles. The van der Waals surface area contributed by atoms with E-state index in [4.69, 9.17) is 11.5 Å². The summed E-state index contributed by atoms with van der Waals surface area (Å²) in [6, 6.07) is 5.84. The van der Waals surface area contributed by atoms with E-state index >= 15 is 0 Å². The summed E-state index contributed by atoms with van der Waals surface area (Å²) in [6.07, 6.45) is 0. The first-order valence-corrected chi connectivity index (χ1v) is 6.66. The highest BCUT2D eigenvalue weighted by Crippen LogP contribution is 2.24. The Balaban J connectivity index is 2.40. The van der Waals surface area contributed by atoms with E-state index in [2.05, 4.69) is 18.7 Å². The van der Waals surface area contributed by atoms with Gasteiger partial charge in [0.05, 0.1) is 11.4 Å². The lowest BCUT2D eigenvalue weighted by Gasteiger charge is -2.17. The van der Waals surface area contributed by atoms with Crippen molar-refractivity contribution in [2.75, 3.05) is 36.9 Å². The highest BCUT2D eigenvalue weighted by atomic mass is 32.2.